The molecule has 2 heterocycles. The van der Waals surface area contributed by atoms with Gasteiger partial charge in [-0.3, -0.25) is 9.69 Å². The zero-order valence-electron chi connectivity index (χ0n) is 18.7. The molecule has 1 saturated heterocycles. The summed E-state index contributed by atoms with van der Waals surface area (Å²) >= 11 is 0. The van der Waals surface area contributed by atoms with Gasteiger partial charge in [0.1, 0.15) is 5.82 Å². The monoisotopic (exact) mass is 450 g/mol. The van der Waals surface area contributed by atoms with Gasteiger partial charge in [-0.2, -0.15) is 0 Å². The smallest absolute Gasteiger partial charge is 0.337 e. The molecule has 0 spiro atoms. The Labute approximate surface area is 191 Å². The van der Waals surface area contributed by atoms with E-state index in [1.165, 1.54) is 19.2 Å². The molecule has 2 aliphatic rings. The van der Waals surface area contributed by atoms with Gasteiger partial charge in [0.2, 0.25) is 0 Å². The van der Waals surface area contributed by atoms with Gasteiger partial charge in [-0.25, -0.2) is 9.18 Å². The second kappa shape index (κ2) is 9.08. The standard InChI is InChI=1S/C26H27FN2O4/c1-32-26(31)18-4-2-17(3-5-18)15-29-22-9-7-20(27)14-21(22)24-23(29)8-6-19(25(24)30)16-28-10-12-33-13-11-28/h2-5,7,9,14,19H,6,8,10-13,15-16H2,1H3. The molecule has 5 rings (SSSR count). The van der Waals surface area contributed by atoms with Crippen molar-refractivity contribution < 1.29 is 23.5 Å². The molecule has 0 saturated carbocycles. The van der Waals surface area contributed by atoms with Gasteiger partial charge in [0.25, 0.3) is 0 Å². The minimum atomic E-state index is -0.377. The molecule has 0 radical (unpaired) electrons. The van der Waals surface area contributed by atoms with Gasteiger partial charge >= 0.3 is 5.97 Å². The molecule has 33 heavy (non-hydrogen) atoms. The van der Waals surface area contributed by atoms with E-state index in [0.717, 1.165) is 49.2 Å². The van der Waals surface area contributed by atoms with Crippen LogP contribution in [0.25, 0.3) is 10.9 Å². The average molecular weight is 451 g/mol. The first kappa shape index (κ1) is 21.8. The molecule has 0 amide bonds. The van der Waals surface area contributed by atoms with Crippen molar-refractivity contribution in [3.63, 3.8) is 0 Å². The largest absolute Gasteiger partial charge is 0.465 e. The first-order chi connectivity index (χ1) is 16.0. The molecule has 1 atom stereocenters. The van der Waals surface area contributed by atoms with Crippen molar-refractivity contribution in [1.82, 2.24) is 9.47 Å². The molecule has 1 aliphatic carbocycles. The number of morpholine rings is 1. The summed E-state index contributed by atoms with van der Waals surface area (Å²) in [5.41, 5.74) is 3.98. The van der Waals surface area contributed by atoms with E-state index in [2.05, 4.69) is 9.47 Å². The van der Waals surface area contributed by atoms with Gasteiger partial charge in [-0.1, -0.05) is 12.1 Å². The van der Waals surface area contributed by atoms with Crippen LogP contribution in [0.5, 0.6) is 0 Å². The third kappa shape index (κ3) is 4.18. The summed E-state index contributed by atoms with van der Waals surface area (Å²) in [5.74, 6) is -0.693. The summed E-state index contributed by atoms with van der Waals surface area (Å²) in [4.78, 5) is 27.6. The zero-order valence-corrected chi connectivity index (χ0v) is 18.7. The van der Waals surface area contributed by atoms with E-state index in [4.69, 9.17) is 9.47 Å². The molecule has 0 N–H and O–H groups in total. The molecule has 1 fully saturated rings. The Morgan fingerprint density at radius 3 is 2.64 bits per heavy atom. The SMILES string of the molecule is COC(=O)c1ccc(Cn2c3c(c4cc(F)ccc42)C(=O)C(CN2CCOCC2)CC3)cc1. The number of ether oxygens (including phenoxy) is 2. The third-order valence-electron chi connectivity index (χ3n) is 6.78. The number of halogens is 1. The fourth-order valence-corrected chi connectivity index (χ4v) is 5.06. The highest BCUT2D eigenvalue weighted by Crippen LogP contribution is 2.36. The van der Waals surface area contributed by atoms with Crippen LogP contribution in [0.15, 0.2) is 42.5 Å². The van der Waals surface area contributed by atoms with Crippen LogP contribution in [-0.4, -0.2) is 61.2 Å². The molecule has 2 aromatic carbocycles. The van der Waals surface area contributed by atoms with E-state index >= 15 is 0 Å². The minimum absolute atomic E-state index is 0.0859. The molecule has 6 nitrogen and oxygen atoms in total. The topological polar surface area (TPSA) is 60.8 Å². The Morgan fingerprint density at radius 1 is 1.15 bits per heavy atom. The second-order valence-electron chi connectivity index (χ2n) is 8.77. The molecule has 1 aromatic heterocycles. The Hall–Kier alpha value is -3.03. The van der Waals surface area contributed by atoms with Crippen LogP contribution < -0.4 is 0 Å². The average Bonchev–Trinajstić information content (AvgIpc) is 3.14. The van der Waals surface area contributed by atoms with E-state index in [1.54, 1.807) is 18.2 Å². The summed E-state index contributed by atoms with van der Waals surface area (Å²) in [6.45, 7) is 4.35. The summed E-state index contributed by atoms with van der Waals surface area (Å²) in [6, 6.07) is 11.9. The normalized spacial score (nSPS) is 19.0. The number of hydrogen-bond donors (Lipinski definition) is 0. The maximum Gasteiger partial charge on any atom is 0.337 e. The first-order valence-electron chi connectivity index (χ1n) is 11.4. The minimum Gasteiger partial charge on any atom is -0.465 e. The van der Waals surface area contributed by atoms with Crippen molar-refractivity contribution >= 4 is 22.7 Å². The van der Waals surface area contributed by atoms with Crippen LogP contribution in [-0.2, 0) is 22.4 Å². The fourth-order valence-electron chi connectivity index (χ4n) is 5.06. The summed E-state index contributed by atoms with van der Waals surface area (Å²) in [5, 5.41) is 0.688. The van der Waals surface area contributed by atoms with Crippen molar-refractivity contribution in [3.8, 4) is 0 Å². The Bertz CT molecular complexity index is 1200. The lowest BCUT2D eigenvalue weighted by molar-refractivity contribution is 0.0291. The summed E-state index contributed by atoms with van der Waals surface area (Å²) in [6.07, 6.45) is 1.55. The number of ketones is 1. The molecule has 3 aromatic rings. The third-order valence-corrected chi connectivity index (χ3v) is 6.78. The van der Waals surface area contributed by atoms with Crippen molar-refractivity contribution in [2.24, 2.45) is 5.92 Å². The number of hydrogen-bond acceptors (Lipinski definition) is 5. The molecule has 7 heteroatoms. The van der Waals surface area contributed by atoms with Crippen LogP contribution in [0.1, 0.15) is 38.4 Å². The molecular formula is C26H27FN2O4. The number of Topliss-reactive ketones (excluding diaryl/α,β-unsaturated/α-hetero) is 1. The van der Waals surface area contributed by atoms with Gasteiger partial charge in [-0.15, -0.1) is 0 Å². The lowest BCUT2D eigenvalue weighted by Gasteiger charge is -2.31. The number of esters is 1. The fraction of sp³-hybridized carbons (Fsp3) is 0.385. The predicted octanol–water partition coefficient (Wildman–Crippen LogP) is 3.69. The van der Waals surface area contributed by atoms with E-state index < -0.39 is 0 Å². The van der Waals surface area contributed by atoms with Crippen LogP contribution in [0.3, 0.4) is 0 Å². The van der Waals surface area contributed by atoms with E-state index in [1.807, 2.05) is 12.1 Å². The first-order valence-corrected chi connectivity index (χ1v) is 11.4. The number of carbonyl (C=O) groups excluding carboxylic acids is 2. The van der Waals surface area contributed by atoms with Crippen molar-refractivity contribution in [2.45, 2.75) is 19.4 Å². The quantitative estimate of drug-likeness (QED) is 0.555. The lowest BCUT2D eigenvalue weighted by atomic mass is 9.84. The van der Waals surface area contributed by atoms with Crippen molar-refractivity contribution in [3.05, 3.63) is 70.7 Å². The van der Waals surface area contributed by atoms with E-state index in [9.17, 15) is 14.0 Å². The van der Waals surface area contributed by atoms with Gasteiger partial charge in [0.05, 0.1) is 25.9 Å². The maximum absolute atomic E-state index is 14.2. The summed E-state index contributed by atoms with van der Waals surface area (Å²) in [7, 11) is 1.36. The molecule has 172 valence electrons. The van der Waals surface area contributed by atoms with Gasteiger partial charge in [0, 0.05) is 54.3 Å². The van der Waals surface area contributed by atoms with Crippen LogP contribution in [0.2, 0.25) is 0 Å². The van der Waals surface area contributed by atoms with Crippen molar-refractivity contribution in [2.75, 3.05) is 40.0 Å². The molecular weight excluding hydrogens is 423 g/mol. The van der Waals surface area contributed by atoms with E-state index in [0.29, 0.717) is 36.3 Å². The number of fused-ring (bicyclic) bond motifs is 3. The predicted molar refractivity (Wildman–Crippen MR) is 122 cm³/mol. The van der Waals surface area contributed by atoms with Gasteiger partial charge < -0.3 is 14.0 Å². The number of aromatic nitrogens is 1. The van der Waals surface area contributed by atoms with Crippen LogP contribution in [0.4, 0.5) is 4.39 Å². The summed E-state index contributed by atoms with van der Waals surface area (Å²) < 4.78 is 26.5. The second-order valence-corrected chi connectivity index (χ2v) is 8.77. The maximum atomic E-state index is 14.2. The van der Waals surface area contributed by atoms with Crippen LogP contribution in [0, 0.1) is 11.7 Å². The Balaban J connectivity index is 1.48. The highest BCUT2D eigenvalue weighted by molar-refractivity contribution is 6.11. The van der Waals surface area contributed by atoms with Gasteiger partial charge in [0.15, 0.2) is 5.78 Å². The van der Waals surface area contributed by atoms with Gasteiger partial charge in [-0.05, 0) is 48.7 Å². The Kier molecular flexibility index (Phi) is 6.00. The number of benzene rings is 2. The number of nitrogens with zero attached hydrogens (tertiary/aromatic N) is 2. The molecule has 1 unspecified atom stereocenters. The number of methoxy groups -OCH3 is 1. The van der Waals surface area contributed by atoms with E-state index in [-0.39, 0.29) is 23.5 Å². The zero-order chi connectivity index (χ0) is 22.9. The number of rotatable bonds is 5. The highest BCUT2D eigenvalue weighted by Gasteiger charge is 2.34. The lowest BCUT2D eigenvalue weighted by Crippen LogP contribution is -2.42. The Morgan fingerprint density at radius 2 is 1.91 bits per heavy atom. The van der Waals surface area contributed by atoms with Crippen LogP contribution >= 0.6 is 0 Å². The highest BCUT2D eigenvalue weighted by atomic mass is 19.1. The number of carbonyl (C=O) groups is 2. The molecule has 0 bridgehead atoms. The van der Waals surface area contributed by atoms with Crippen molar-refractivity contribution in [1.29, 1.82) is 0 Å². The molecule has 1 aliphatic heterocycles.